The Balaban J connectivity index is 2.05. The Kier molecular flexibility index (Phi) is 3.15. The van der Waals surface area contributed by atoms with E-state index in [0.29, 0.717) is 28.8 Å². The summed E-state index contributed by atoms with van der Waals surface area (Å²) in [6.07, 6.45) is 4.71. The Labute approximate surface area is 132 Å². The fourth-order valence-corrected chi connectivity index (χ4v) is 2.55. The molecule has 0 aliphatic carbocycles. The molecule has 0 aliphatic heterocycles. The molecule has 6 heteroatoms. The number of nitrogens with zero attached hydrogens (tertiary/aromatic N) is 2. The SMILES string of the molecule is CC(C)Nc1ncnc2oc(-c3ccco3)c(-c3ccco3)c12. The van der Waals surface area contributed by atoms with Crippen LogP contribution in [0.2, 0.25) is 0 Å². The predicted molar refractivity (Wildman–Crippen MR) is 86.0 cm³/mol. The Hall–Kier alpha value is -3.02. The first-order chi connectivity index (χ1) is 11.2. The Morgan fingerprint density at radius 3 is 2.39 bits per heavy atom. The van der Waals surface area contributed by atoms with E-state index in [9.17, 15) is 0 Å². The van der Waals surface area contributed by atoms with E-state index in [4.69, 9.17) is 13.3 Å². The summed E-state index contributed by atoms with van der Waals surface area (Å²) in [5, 5.41) is 4.11. The summed E-state index contributed by atoms with van der Waals surface area (Å²) in [7, 11) is 0. The van der Waals surface area contributed by atoms with Gasteiger partial charge in [-0.15, -0.1) is 0 Å². The van der Waals surface area contributed by atoms with Gasteiger partial charge in [0.2, 0.25) is 5.71 Å². The monoisotopic (exact) mass is 309 g/mol. The van der Waals surface area contributed by atoms with Crippen LogP contribution in [0.1, 0.15) is 13.8 Å². The lowest BCUT2D eigenvalue weighted by atomic mass is 10.1. The number of hydrogen-bond acceptors (Lipinski definition) is 6. The Bertz CT molecular complexity index is 922. The maximum Gasteiger partial charge on any atom is 0.232 e. The maximum absolute atomic E-state index is 5.94. The molecule has 4 rings (SSSR count). The van der Waals surface area contributed by atoms with Crippen LogP contribution in [-0.2, 0) is 0 Å². The highest BCUT2D eigenvalue weighted by Crippen LogP contribution is 2.42. The molecule has 0 atom stereocenters. The maximum atomic E-state index is 5.94. The van der Waals surface area contributed by atoms with Crippen LogP contribution in [0.25, 0.3) is 33.9 Å². The highest BCUT2D eigenvalue weighted by Gasteiger charge is 2.25. The van der Waals surface area contributed by atoms with Crippen molar-refractivity contribution in [3.63, 3.8) is 0 Å². The fourth-order valence-electron chi connectivity index (χ4n) is 2.55. The lowest BCUT2D eigenvalue weighted by Gasteiger charge is -2.09. The van der Waals surface area contributed by atoms with Gasteiger partial charge < -0.3 is 18.6 Å². The van der Waals surface area contributed by atoms with Crippen molar-refractivity contribution >= 4 is 16.9 Å². The first kappa shape index (κ1) is 13.6. The van der Waals surface area contributed by atoms with E-state index in [0.717, 1.165) is 10.9 Å². The van der Waals surface area contributed by atoms with E-state index in [2.05, 4.69) is 15.3 Å². The van der Waals surface area contributed by atoms with Crippen molar-refractivity contribution < 1.29 is 13.3 Å². The van der Waals surface area contributed by atoms with Gasteiger partial charge in [0, 0.05) is 6.04 Å². The van der Waals surface area contributed by atoms with Crippen molar-refractivity contribution in [3.8, 4) is 22.8 Å². The van der Waals surface area contributed by atoms with Crippen molar-refractivity contribution in [2.24, 2.45) is 0 Å². The second-order valence-corrected chi connectivity index (χ2v) is 5.46. The fraction of sp³-hybridized carbons (Fsp3) is 0.176. The zero-order valence-electron chi connectivity index (χ0n) is 12.7. The van der Waals surface area contributed by atoms with Crippen LogP contribution in [0.5, 0.6) is 0 Å². The molecule has 0 spiro atoms. The molecular weight excluding hydrogens is 294 g/mol. The Morgan fingerprint density at radius 2 is 1.74 bits per heavy atom. The van der Waals surface area contributed by atoms with Crippen LogP contribution in [0, 0.1) is 0 Å². The highest BCUT2D eigenvalue weighted by atomic mass is 16.4. The van der Waals surface area contributed by atoms with E-state index < -0.39 is 0 Å². The van der Waals surface area contributed by atoms with Gasteiger partial charge in [-0.3, -0.25) is 0 Å². The second kappa shape index (κ2) is 5.31. The molecule has 4 heterocycles. The van der Waals surface area contributed by atoms with E-state index in [1.165, 1.54) is 6.33 Å². The molecule has 0 saturated heterocycles. The number of hydrogen-bond donors (Lipinski definition) is 1. The molecule has 4 aromatic heterocycles. The molecule has 0 aliphatic rings. The molecule has 0 bridgehead atoms. The lowest BCUT2D eigenvalue weighted by molar-refractivity contribution is 0.536. The number of fused-ring (bicyclic) bond motifs is 1. The van der Waals surface area contributed by atoms with Crippen molar-refractivity contribution in [2.75, 3.05) is 5.32 Å². The van der Waals surface area contributed by atoms with E-state index >= 15 is 0 Å². The summed E-state index contributed by atoms with van der Waals surface area (Å²) in [6, 6.07) is 7.59. The smallest absolute Gasteiger partial charge is 0.232 e. The third-order valence-electron chi connectivity index (χ3n) is 3.43. The molecule has 1 N–H and O–H groups in total. The lowest BCUT2D eigenvalue weighted by Crippen LogP contribution is -2.11. The quantitative estimate of drug-likeness (QED) is 0.595. The third-order valence-corrected chi connectivity index (χ3v) is 3.43. The van der Waals surface area contributed by atoms with Crippen LogP contribution in [0.4, 0.5) is 5.82 Å². The molecule has 23 heavy (non-hydrogen) atoms. The predicted octanol–water partition coefficient (Wildman–Crippen LogP) is 4.56. The zero-order chi connectivity index (χ0) is 15.8. The molecule has 0 amide bonds. The normalized spacial score (nSPS) is 11.4. The molecule has 0 unspecified atom stereocenters. The molecule has 0 aromatic carbocycles. The van der Waals surface area contributed by atoms with Gasteiger partial charge in [-0.2, -0.15) is 0 Å². The Morgan fingerprint density at radius 1 is 1.00 bits per heavy atom. The van der Waals surface area contributed by atoms with Crippen molar-refractivity contribution in [2.45, 2.75) is 19.9 Å². The number of rotatable bonds is 4. The number of aromatic nitrogens is 2. The molecule has 0 saturated carbocycles. The summed E-state index contributed by atoms with van der Waals surface area (Å²) in [5.74, 6) is 2.58. The minimum absolute atomic E-state index is 0.222. The van der Waals surface area contributed by atoms with Crippen LogP contribution in [0.15, 0.2) is 56.4 Å². The molecule has 116 valence electrons. The topological polar surface area (TPSA) is 77.2 Å². The van der Waals surface area contributed by atoms with Gasteiger partial charge in [-0.25, -0.2) is 9.97 Å². The van der Waals surface area contributed by atoms with Gasteiger partial charge in [0.15, 0.2) is 11.5 Å². The first-order valence-electron chi connectivity index (χ1n) is 7.36. The first-order valence-corrected chi connectivity index (χ1v) is 7.36. The molecule has 0 fully saturated rings. The van der Waals surface area contributed by atoms with E-state index in [1.54, 1.807) is 12.5 Å². The number of anilines is 1. The van der Waals surface area contributed by atoms with E-state index in [-0.39, 0.29) is 6.04 Å². The largest absolute Gasteiger partial charge is 0.464 e. The minimum Gasteiger partial charge on any atom is -0.464 e. The second-order valence-electron chi connectivity index (χ2n) is 5.46. The van der Waals surface area contributed by atoms with Gasteiger partial charge in [-0.1, -0.05) is 0 Å². The van der Waals surface area contributed by atoms with Gasteiger partial charge in [0.25, 0.3) is 0 Å². The van der Waals surface area contributed by atoms with Crippen LogP contribution < -0.4 is 5.32 Å². The molecular formula is C17H15N3O3. The average molecular weight is 309 g/mol. The summed E-state index contributed by atoms with van der Waals surface area (Å²) in [5.41, 5.74) is 1.27. The number of furan rings is 3. The summed E-state index contributed by atoms with van der Waals surface area (Å²) in [4.78, 5) is 8.61. The molecule has 6 nitrogen and oxygen atoms in total. The molecule has 4 aromatic rings. The highest BCUT2D eigenvalue weighted by molar-refractivity contribution is 6.04. The van der Waals surface area contributed by atoms with Crippen molar-refractivity contribution in [3.05, 3.63) is 43.1 Å². The van der Waals surface area contributed by atoms with Gasteiger partial charge in [0.1, 0.15) is 17.9 Å². The van der Waals surface area contributed by atoms with Gasteiger partial charge in [-0.05, 0) is 38.1 Å². The van der Waals surface area contributed by atoms with Crippen LogP contribution in [-0.4, -0.2) is 16.0 Å². The van der Waals surface area contributed by atoms with E-state index in [1.807, 2.05) is 38.1 Å². The molecule has 0 radical (unpaired) electrons. The summed E-state index contributed by atoms with van der Waals surface area (Å²) >= 11 is 0. The zero-order valence-corrected chi connectivity index (χ0v) is 12.7. The minimum atomic E-state index is 0.222. The van der Waals surface area contributed by atoms with Crippen LogP contribution >= 0.6 is 0 Å². The van der Waals surface area contributed by atoms with Crippen molar-refractivity contribution in [1.29, 1.82) is 0 Å². The van der Waals surface area contributed by atoms with Crippen LogP contribution in [0.3, 0.4) is 0 Å². The van der Waals surface area contributed by atoms with Crippen molar-refractivity contribution in [1.82, 2.24) is 9.97 Å². The summed E-state index contributed by atoms with van der Waals surface area (Å²) < 4.78 is 17.0. The number of nitrogens with one attached hydrogen (secondary N) is 1. The van der Waals surface area contributed by atoms with Gasteiger partial charge >= 0.3 is 0 Å². The van der Waals surface area contributed by atoms with Gasteiger partial charge in [0.05, 0.1) is 23.5 Å². The third kappa shape index (κ3) is 2.28. The summed E-state index contributed by atoms with van der Waals surface area (Å²) in [6.45, 7) is 4.10. The standard InChI is InChI=1S/C17H15N3O3/c1-10(2)20-16-14-13(11-5-3-7-21-11)15(12-6-4-8-22-12)23-17(14)19-9-18-16/h3-10H,1-2H3,(H,18,19,20). The average Bonchev–Trinajstić information content (AvgIpc) is 3.26.